The monoisotopic (exact) mass is 238 g/mol. The normalized spacial score (nSPS) is 11.1. The lowest BCUT2D eigenvalue weighted by atomic mass is 10.4. The molecule has 0 amide bonds. The van der Waals surface area contributed by atoms with Gasteiger partial charge >= 0.3 is 13.8 Å². The maximum Gasteiger partial charge on any atom is 0.474 e. The third-order valence-corrected chi connectivity index (χ3v) is 2.75. The first-order valence-corrected chi connectivity index (χ1v) is 5.60. The van der Waals surface area contributed by atoms with Gasteiger partial charge in [-0.1, -0.05) is 6.58 Å². The van der Waals surface area contributed by atoms with Crippen molar-refractivity contribution in [3.8, 4) is 0 Å². The highest BCUT2D eigenvalue weighted by Gasteiger charge is 2.22. The smallest absolute Gasteiger partial charge is 0.460 e. The van der Waals surface area contributed by atoms with Gasteiger partial charge in [-0.3, -0.25) is 13.6 Å². The molecule has 0 fully saturated rings. The maximum atomic E-state index is 11.3. The molecule has 88 valence electrons. The standard InChI is InChI=1S/C8H15O6P/c1-7(2)8(9)13-5-6-14-15(10,11-3)12-4/h1,5-6H2,2-4H3. The van der Waals surface area contributed by atoms with Gasteiger partial charge in [-0.25, -0.2) is 9.36 Å². The molecule has 0 saturated carbocycles. The zero-order chi connectivity index (χ0) is 11.9. The third-order valence-electron chi connectivity index (χ3n) is 1.36. The van der Waals surface area contributed by atoms with Crippen LogP contribution in [0.2, 0.25) is 0 Å². The van der Waals surface area contributed by atoms with Gasteiger partial charge in [0.15, 0.2) is 0 Å². The van der Waals surface area contributed by atoms with E-state index in [1.54, 1.807) is 0 Å². The predicted octanol–water partition coefficient (Wildman–Crippen LogP) is 1.52. The van der Waals surface area contributed by atoms with Gasteiger partial charge < -0.3 is 4.74 Å². The van der Waals surface area contributed by atoms with Crippen LogP contribution in [0.4, 0.5) is 0 Å². The molecule has 0 saturated heterocycles. The highest BCUT2D eigenvalue weighted by molar-refractivity contribution is 7.48. The first kappa shape index (κ1) is 14.3. The Morgan fingerprint density at radius 2 is 1.80 bits per heavy atom. The van der Waals surface area contributed by atoms with Gasteiger partial charge in [0.05, 0.1) is 6.61 Å². The van der Waals surface area contributed by atoms with Crippen molar-refractivity contribution >= 4 is 13.8 Å². The van der Waals surface area contributed by atoms with E-state index in [9.17, 15) is 9.36 Å². The van der Waals surface area contributed by atoms with Gasteiger partial charge in [0.25, 0.3) is 0 Å². The predicted molar refractivity (Wildman–Crippen MR) is 53.3 cm³/mol. The number of carbonyl (C=O) groups is 1. The molecule has 0 aliphatic heterocycles. The van der Waals surface area contributed by atoms with Gasteiger partial charge in [-0.15, -0.1) is 0 Å². The minimum Gasteiger partial charge on any atom is -0.460 e. The number of phosphoric acid groups is 1. The van der Waals surface area contributed by atoms with Crippen LogP contribution in [0.1, 0.15) is 6.92 Å². The van der Waals surface area contributed by atoms with Crippen LogP contribution in [0.25, 0.3) is 0 Å². The number of hydrogen-bond donors (Lipinski definition) is 0. The Bertz CT molecular complexity index is 266. The number of esters is 1. The van der Waals surface area contributed by atoms with E-state index in [0.717, 1.165) is 0 Å². The van der Waals surface area contributed by atoms with Gasteiger partial charge in [0, 0.05) is 19.8 Å². The van der Waals surface area contributed by atoms with Crippen LogP contribution < -0.4 is 0 Å². The molecule has 0 spiro atoms. The quantitative estimate of drug-likeness (QED) is 0.290. The topological polar surface area (TPSA) is 71.1 Å². The molecule has 0 N–H and O–H groups in total. The first-order chi connectivity index (χ1) is 6.95. The van der Waals surface area contributed by atoms with Crippen molar-refractivity contribution in [3.63, 3.8) is 0 Å². The minimum atomic E-state index is -3.48. The van der Waals surface area contributed by atoms with Crippen LogP contribution in [-0.2, 0) is 27.7 Å². The summed E-state index contributed by atoms with van der Waals surface area (Å²) in [7, 11) is -1.08. The zero-order valence-electron chi connectivity index (χ0n) is 9.02. The summed E-state index contributed by atoms with van der Waals surface area (Å²) < 4.78 is 29.7. The number of rotatable bonds is 7. The number of hydrogen-bond acceptors (Lipinski definition) is 6. The Labute approximate surface area is 88.8 Å². The number of phosphoric ester groups is 1. The van der Waals surface area contributed by atoms with Crippen molar-refractivity contribution in [1.29, 1.82) is 0 Å². The van der Waals surface area contributed by atoms with Crippen molar-refractivity contribution in [2.75, 3.05) is 27.4 Å². The lowest BCUT2D eigenvalue weighted by Gasteiger charge is -2.12. The molecule has 0 aromatic carbocycles. The summed E-state index contributed by atoms with van der Waals surface area (Å²) in [6.45, 7) is 4.81. The Balaban J connectivity index is 3.76. The van der Waals surface area contributed by atoms with E-state index < -0.39 is 13.8 Å². The SMILES string of the molecule is C=C(C)C(=O)OCCOP(=O)(OC)OC. The highest BCUT2D eigenvalue weighted by Crippen LogP contribution is 2.47. The fourth-order valence-corrected chi connectivity index (χ4v) is 1.24. The van der Waals surface area contributed by atoms with E-state index in [1.807, 2.05) is 0 Å². The van der Waals surface area contributed by atoms with Crippen molar-refractivity contribution in [2.45, 2.75) is 6.92 Å². The Morgan fingerprint density at radius 3 is 2.20 bits per heavy atom. The summed E-state index contributed by atoms with van der Waals surface area (Å²) in [4.78, 5) is 10.9. The second-order valence-electron chi connectivity index (χ2n) is 2.56. The van der Waals surface area contributed by atoms with Crippen molar-refractivity contribution < 1.29 is 27.7 Å². The van der Waals surface area contributed by atoms with E-state index in [2.05, 4.69) is 15.6 Å². The Hall–Kier alpha value is -0.680. The van der Waals surface area contributed by atoms with Crippen LogP contribution in [0.5, 0.6) is 0 Å². The van der Waals surface area contributed by atoms with E-state index in [4.69, 9.17) is 9.26 Å². The van der Waals surface area contributed by atoms with Crippen LogP contribution in [0.15, 0.2) is 12.2 Å². The maximum absolute atomic E-state index is 11.3. The number of carbonyl (C=O) groups excluding carboxylic acids is 1. The van der Waals surface area contributed by atoms with E-state index in [1.165, 1.54) is 21.1 Å². The molecule has 15 heavy (non-hydrogen) atoms. The summed E-state index contributed by atoms with van der Waals surface area (Å²) in [5.74, 6) is -0.525. The van der Waals surface area contributed by atoms with Crippen LogP contribution in [-0.4, -0.2) is 33.4 Å². The molecular weight excluding hydrogens is 223 g/mol. The molecule has 0 bridgehead atoms. The highest BCUT2D eigenvalue weighted by atomic mass is 31.2. The molecule has 7 heteroatoms. The second kappa shape index (κ2) is 6.74. The molecule has 0 rings (SSSR count). The fourth-order valence-electron chi connectivity index (χ4n) is 0.587. The van der Waals surface area contributed by atoms with Gasteiger partial charge in [-0.05, 0) is 6.92 Å². The molecule has 0 heterocycles. The summed E-state index contributed by atoms with van der Waals surface area (Å²) in [5, 5.41) is 0. The summed E-state index contributed by atoms with van der Waals surface area (Å²) in [6, 6.07) is 0. The summed E-state index contributed by atoms with van der Waals surface area (Å²) >= 11 is 0. The molecule has 0 radical (unpaired) electrons. The van der Waals surface area contributed by atoms with E-state index in [0.29, 0.717) is 0 Å². The average molecular weight is 238 g/mol. The van der Waals surface area contributed by atoms with Crippen LogP contribution >= 0.6 is 7.82 Å². The summed E-state index contributed by atoms with van der Waals surface area (Å²) in [5.41, 5.74) is 0.289. The lowest BCUT2D eigenvalue weighted by Crippen LogP contribution is -2.10. The van der Waals surface area contributed by atoms with Crippen LogP contribution in [0.3, 0.4) is 0 Å². The first-order valence-electron chi connectivity index (χ1n) is 4.14. The zero-order valence-corrected chi connectivity index (χ0v) is 9.91. The Morgan fingerprint density at radius 1 is 1.27 bits per heavy atom. The van der Waals surface area contributed by atoms with Crippen molar-refractivity contribution in [1.82, 2.24) is 0 Å². The van der Waals surface area contributed by atoms with Gasteiger partial charge in [0.1, 0.15) is 6.61 Å². The van der Waals surface area contributed by atoms with E-state index in [-0.39, 0.29) is 18.8 Å². The van der Waals surface area contributed by atoms with Crippen LogP contribution in [0, 0.1) is 0 Å². The molecular formula is C8H15O6P. The van der Waals surface area contributed by atoms with Crippen molar-refractivity contribution in [2.24, 2.45) is 0 Å². The van der Waals surface area contributed by atoms with E-state index >= 15 is 0 Å². The van der Waals surface area contributed by atoms with Gasteiger partial charge in [0.2, 0.25) is 0 Å². The lowest BCUT2D eigenvalue weighted by molar-refractivity contribution is -0.139. The Kier molecular flexibility index (Phi) is 6.43. The molecule has 0 aliphatic carbocycles. The summed E-state index contributed by atoms with van der Waals surface area (Å²) in [6.07, 6.45) is 0. The molecule has 0 aromatic rings. The average Bonchev–Trinajstić information content (AvgIpc) is 2.23. The number of ether oxygens (including phenoxy) is 1. The largest absolute Gasteiger partial charge is 0.474 e. The molecule has 6 nitrogen and oxygen atoms in total. The third kappa shape index (κ3) is 5.69. The fraction of sp³-hybridized carbons (Fsp3) is 0.625. The second-order valence-corrected chi connectivity index (χ2v) is 4.44. The molecule has 0 atom stereocenters. The molecule has 0 unspecified atom stereocenters. The van der Waals surface area contributed by atoms with Crippen molar-refractivity contribution in [3.05, 3.63) is 12.2 Å². The van der Waals surface area contributed by atoms with Gasteiger partial charge in [-0.2, -0.15) is 0 Å². The molecule has 0 aliphatic rings. The molecule has 0 aromatic heterocycles. The minimum absolute atomic E-state index is 0.0393.